The molecule has 160 valence electrons. The maximum absolute atomic E-state index is 12.7. The predicted octanol–water partition coefficient (Wildman–Crippen LogP) is 3.14. The quantitative estimate of drug-likeness (QED) is 0.732. The fourth-order valence-electron chi connectivity index (χ4n) is 4.33. The lowest BCUT2D eigenvalue weighted by Gasteiger charge is -2.27. The highest BCUT2D eigenvalue weighted by molar-refractivity contribution is 6.31. The molecule has 0 aliphatic carbocycles. The van der Waals surface area contributed by atoms with Gasteiger partial charge in [0.25, 0.3) is 0 Å². The molecule has 4 rings (SSSR count). The molecule has 0 radical (unpaired) electrons. The van der Waals surface area contributed by atoms with Crippen molar-refractivity contribution < 1.29 is 9.53 Å². The van der Waals surface area contributed by atoms with Crippen molar-refractivity contribution in [3.8, 4) is 0 Å². The molecular formula is C23H29ClN4O2. The smallest absolute Gasteiger partial charge is 0.227 e. The van der Waals surface area contributed by atoms with Crippen LogP contribution in [-0.4, -0.2) is 65.1 Å². The predicted molar refractivity (Wildman–Crippen MR) is 117 cm³/mol. The summed E-state index contributed by atoms with van der Waals surface area (Å²) in [5, 5.41) is 0.818. The number of ether oxygens (including phenoxy) is 1. The second-order valence-electron chi connectivity index (χ2n) is 8.21. The number of nitrogens with zero attached hydrogens (tertiary/aromatic N) is 4. The van der Waals surface area contributed by atoms with Crippen LogP contribution in [-0.2, 0) is 22.5 Å². The van der Waals surface area contributed by atoms with Gasteiger partial charge in [0.05, 0.1) is 19.6 Å². The van der Waals surface area contributed by atoms with E-state index in [4.69, 9.17) is 26.3 Å². The van der Waals surface area contributed by atoms with Gasteiger partial charge in [-0.15, -0.1) is 0 Å². The summed E-state index contributed by atoms with van der Waals surface area (Å²) in [7, 11) is 0. The molecule has 1 aromatic heterocycles. The Morgan fingerprint density at radius 3 is 2.53 bits per heavy atom. The highest BCUT2D eigenvalue weighted by Gasteiger charge is 2.28. The molecule has 0 saturated carbocycles. The lowest BCUT2D eigenvalue weighted by Crippen LogP contribution is -2.41. The van der Waals surface area contributed by atoms with Crippen LogP contribution in [0.25, 0.3) is 0 Å². The van der Waals surface area contributed by atoms with Crippen molar-refractivity contribution in [1.29, 1.82) is 0 Å². The van der Waals surface area contributed by atoms with Crippen molar-refractivity contribution in [2.45, 2.75) is 39.2 Å². The molecule has 0 N–H and O–H groups in total. The molecule has 0 spiro atoms. The summed E-state index contributed by atoms with van der Waals surface area (Å²) in [5.41, 5.74) is 3.96. The first-order valence-corrected chi connectivity index (χ1v) is 11.0. The number of halogens is 1. The summed E-state index contributed by atoms with van der Waals surface area (Å²) in [6, 6.07) is 8.02. The number of amides is 1. The van der Waals surface area contributed by atoms with E-state index < -0.39 is 0 Å². The number of benzene rings is 1. The number of likely N-dealkylation sites (tertiary alicyclic amines) is 1. The van der Waals surface area contributed by atoms with Crippen LogP contribution in [0.3, 0.4) is 0 Å². The summed E-state index contributed by atoms with van der Waals surface area (Å²) in [6.45, 7) is 9.34. The first kappa shape index (κ1) is 21.2. The van der Waals surface area contributed by atoms with Gasteiger partial charge in [0.2, 0.25) is 5.91 Å². The van der Waals surface area contributed by atoms with Gasteiger partial charge in [0.15, 0.2) is 0 Å². The second kappa shape index (κ2) is 9.41. The number of hydrogen-bond donors (Lipinski definition) is 0. The van der Waals surface area contributed by atoms with Crippen LogP contribution >= 0.6 is 11.6 Å². The Hall–Kier alpha value is -2.02. The summed E-state index contributed by atoms with van der Waals surface area (Å²) in [5.74, 6) is 1.34. The molecule has 6 nitrogen and oxygen atoms in total. The monoisotopic (exact) mass is 428 g/mol. The molecule has 2 saturated heterocycles. The molecule has 3 heterocycles. The molecule has 1 amide bonds. The zero-order valence-electron chi connectivity index (χ0n) is 17.7. The van der Waals surface area contributed by atoms with Gasteiger partial charge in [-0.1, -0.05) is 29.8 Å². The van der Waals surface area contributed by atoms with Crippen molar-refractivity contribution >= 4 is 17.5 Å². The molecule has 0 unspecified atom stereocenters. The van der Waals surface area contributed by atoms with Gasteiger partial charge in [-0.05, 0) is 38.4 Å². The number of hydrogen-bond acceptors (Lipinski definition) is 5. The molecule has 1 aromatic carbocycles. The lowest BCUT2D eigenvalue weighted by atomic mass is 10.0. The Labute approximate surface area is 183 Å². The maximum atomic E-state index is 12.7. The first-order valence-electron chi connectivity index (χ1n) is 10.7. The van der Waals surface area contributed by atoms with Gasteiger partial charge >= 0.3 is 0 Å². The Morgan fingerprint density at radius 2 is 1.83 bits per heavy atom. The standard InChI is InChI=1S/C23H29ClN4O2/c1-16-20(13-22(29)28-9-11-30-12-10-28)17(2)26-23(25-16)19-7-8-27(15-19)14-18-5-3-4-6-21(18)24/h3-6,19H,7-15H2,1-2H3/t19-/m0/s1. The number of morpholine rings is 1. The minimum absolute atomic E-state index is 0.132. The summed E-state index contributed by atoms with van der Waals surface area (Å²) >= 11 is 6.32. The van der Waals surface area contributed by atoms with Gasteiger partial charge in [0, 0.05) is 54.1 Å². The van der Waals surface area contributed by atoms with Crippen LogP contribution in [0.4, 0.5) is 0 Å². The van der Waals surface area contributed by atoms with Crippen LogP contribution in [0.5, 0.6) is 0 Å². The number of carbonyl (C=O) groups excluding carboxylic acids is 1. The normalized spacial score (nSPS) is 20.0. The highest BCUT2D eigenvalue weighted by Crippen LogP contribution is 2.28. The Bertz CT molecular complexity index is 891. The van der Waals surface area contributed by atoms with E-state index in [2.05, 4.69) is 11.0 Å². The van der Waals surface area contributed by atoms with E-state index in [-0.39, 0.29) is 5.91 Å². The highest BCUT2D eigenvalue weighted by atomic mass is 35.5. The summed E-state index contributed by atoms with van der Waals surface area (Å²) < 4.78 is 5.34. The van der Waals surface area contributed by atoms with Crippen molar-refractivity contribution in [3.05, 3.63) is 57.6 Å². The van der Waals surface area contributed by atoms with E-state index in [1.54, 1.807) is 0 Å². The average molecular weight is 429 g/mol. The number of carbonyl (C=O) groups is 1. The van der Waals surface area contributed by atoms with Crippen LogP contribution in [0.1, 0.15) is 40.7 Å². The van der Waals surface area contributed by atoms with E-state index in [1.807, 2.05) is 36.9 Å². The van der Waals surface area contributed by atoms with Crippen molar-refractivity contribution in [3.63, 3.8) is 0 Å². The van der Waals surface area contributed by atoms with E-state index in [1.165, 1.54) is 0 Å². The third kappa shape index (κ3) is 4.82. The zero-order valence-corrected chi connectivity index (χ0v) is 18.5. The van der Waals surface area contributed by atoms with Crippen LogP contribution in [0, 0.1) is 13.8 Å². The minimum atomic E-state index is 0.132. The summed E-state index contributed by atoms with van der Waals surface area (Å²) in [4.78, 5) is 26.6. The van der Waals surface area contributed by atoms with Gasteiger partial charge in [-0.2, -0.15) is 0 Å². The van der Waals surface area contributed by atoms with Crippen molar-refractivity contribution in [2.75, 3.05) is 39.4 Å². The van der Waals surface area contributed by atoms with Crippen LogP contribution in [0.2, 0.25) is 5.02 Å². The SMILES string of the molecule is Cc1nc([C@H]2CCN(Cc3ccccc3Cl)C2)nc(C)c1CC(=O)N1CCOCC1. The topological polar surface area (TPSA) is 58.6 Å². The molecule has 1 atom stereocenters. The fraction of sp³-hybridized carbons (Fsp3) is 0.522. The van der Waals surface area contributed by atoms with Crippen LogP contribution in [0.15, 0.2) is 24.3 Å². The van der Waals surface area contributed by atoms with Gasteiger partial charge in [-0.3, -0.25) is 9.69 Å². The van der Waals surface area contributed by atoms with Gasteiger partial charge < -0.3 is 9.64 Å². The Morgan fingerprint density at radius 1 is 1.13 bits per heavy atom. The maximum Gasteiger partial charge on any atom is 0.227 e. The zero-order chi connectivity index (χ0) is 21.1. The fourth-order valence-corrected chi connectivity index (χ4v) is 4.53. The molecule has 7 heteroatoms. The molecular weight excluding hydrogens is 400 g/mol. The van der Waals surface area contributed by atoms with E-state index >= 15 is 0 Å². The number of rotatable bonds is 5. The number of aryl methyl sites for hydroxylation is 2. The minimum Gasteiger partial charge on any atom is -0.378 e. The second-order valence-corrected chi connectivity index (χ2v) is 8.62. The lowest BCUT2D eigenvalue weighted by molar-refractivity contribution is -0.134. The number of aromatic nitrogens is 2. The molecule has 2 aliphatic rings. The molecule has 2 aliphatic heterocycles. The Kier molecular flexibility index (Phi) is 6.66. The third-order valence-corrected chi connectivity index (χ3v) is 6.49. The van der Waals surface area contributed by atoms with Crippen molar-refractivity contribution in [2.24, 2.45) is 0 Å². The van der Waals surface area contributed by atoms with Crippen LogP contribution < -0.4 is 0 Å². The van der Waals surface area contributed by atoms with Gasteiger partial charge in [0.1, 0.15) is 5.82 Å². The van der Waals surface area contributed by atoms with Crippen molar-refractivity contribution in [1.82, 2.24) is 19.8 Å². The average Bonchev–Trinajstić information content (AvgIpc) is 3.21. The largest absolute Gasteiger partial charge is 0.378 e. The van der Waals surface area contributed by atoms with E-state index in [0.717, 1.165) is 59.4 Å². The Balaban J connectivity index is 1.41. The van der Waals surface area contributed by atoms with E-state index in [0.29, 0.717) is 38.6 Å². The van der Waals surface area contributed by atoms with Gasteiger partial charge in [-0.25, -0.2) is 9.97 Å². The van der Waals surface area contributed by atoms with E-state index in [9.17, 15) is 4.79 Å². The first-order chi connectivity index (χ1) is 14.5. The molecule has 2 aromatic rings. The molecule has 0 bridgehead atoms. The molecule has 30 heavy (non-hydrogen) atoms. The summed E-state index contributed by atoms with van der Waals surface area (Å²) in [6.07, 6.45) is 1.40. The molecule has 2 fully saturated rings. The third-order valence-electron chi connectivity index (χ3n) is 6.12.